The van der Waals surface area contributed by atoms with Crippen LogP contribution in [0.25, 0.3) is 33.4 Å². The number of fused-ring (bicyclic) bond motifs is 3. The quantitative estimate of drug-likeness (QED) is 0.0872. The monoisotopic (exact) mass is 852 g/mol. The van der Waals surface area contributed by atoms with Crippen LogP contribution in [0.4, 0.5) is 17.6 Å². The predicted molar refractivity (Wildman–Crippen MR) is 224 cm³/mol. The van der Waals surface area contributed by atoms with E-state index in [0.29, 0.717) is 81.8 Å². The average Bonchev–Trinajstić information content (AvgIpc) is 4.00. The van der Waals surface area contributed by atoms with Crippen LogP contribution in [0.2, 0.25) is 5.02 Å². The van der Waals surface area contributed by atoms with Gasteiger partial charge in [0.15, 0.2) is 0 Å². The van der Waals surface area contributed by atoms with Crippen LogP contribution in [-0.4, -0.2) is 62.3 Å². The minimum atomic E-state index is -4.54. The molecule has 9 nitrogen and oxygen atoms in total. The molecule has 3 atom stereocenters. The van der Waals surface area contributed by atoms with Crippen molar-refractivity contribution in [3.8, 4) is 62.1 Å². The Labute approximate surface area is 355 Å². The normalized spacial score (nSPS) is 17.6. The lowest BCUT2D eigenvalue weighted by Gasteiger charge is -2.29. The number of nitrogens with one attached hydrogen (secondary N) is 2. The summed E-state index contributed by atoms with van der Waals surface area (Å²) in [5.74, 6) is 2.59. The van der Waals surface area contributed by atoms with Gasteiger partial charge < -0.3 is 23.7 Å². The molecule has 0 spiro atoms. The van der Waals surface area contributed by atoms with Gasteiger partial charge in [-0.2, -0.15) is 18.3 Å². The summed E-state index contributed by atoms with van der Waals surface area (Å²) >= 11 is 6.64. The first-order valence-corrected chi connectivity index (χ1v) is 20.2. The van der Waals surface area contributed by atoms with Crippen molar-refractivity contribution < 1.29 is 41.2 Å². The topological polar surface area (TPSA) is 86.3 Å². The van der Waals surface area contributed by atoms with Gasteiger partial charge in [-0.15, -0.1) is 0 Å². The number of benzene rings is 5. The molecule has 0 radical (unpaired) electrons. The summed E-state index contributed by atoms with van der Waals surface area (Å²) in [7, 11) is 3.19. The summed E-state index contributed by atoms with van der Waals surface area (Å²) in [6, 6.07) is 27.3. The van der Waals surface area contributed by atoms with E-state index >= 15 is 4.39 Å². The molecule has 0 aliphatic carbocycles. The largest absolute Gasteiger partial charge is 0.497 e. The van der Waals surface area contributed by atoms with Crippen molar-refractivity contribution >= 4 is 11.6 Å². The molecule has 0 saturated heterocycles. The van der Waals surface area contributed by atoms with Gasteiger partial charge in [0, 0.05) is 94.3 Å². The highest BCUT2D eigenvalue weighted by molar-refractivity contribution is 6.33. The molecular formula is C47H41ClF4N4O5. The summed E-state index contributed by atoms with van der Waals surface area (Å²) in [6.07, 6.45) is -1.30. The van der Waals surface area contributed by atoms with Crippen molar-refractivity contribution in [1.82, 2.24) is 21.0 Å². The number of methoxy groups -OCH3 is 2. The smallest absolute Gasteiger partial charge is 0.416 e. The molecule has 6 aromatic rings. The van der Waals surface area contributed by atoms with E-state index in [1.54, 1.807) is 56.8 Å². The molecule has 5 aromatic carbocycles. The van der Waals surface area contributed by atoms with Crippen LogP contribution >= 0.6 is 11.6 Å². The van der Waals surface area contributed by atoms with Gasteiger partial charge in [0.1, 0.15) is 52.9 Å². The van der Waals surface area contributed by atoms with E-state index in [1.807, 2.05) is 47.6 Å². The fourth-order valence-corrected chi connectivity index (χ4v) is 8.52. The van der Waals surface area contributed by atoms with Crippen LogP contribution in [-0.2, 0) is 25.4 Å². The van der Waals surface area contributed by atoms with Crippen molar-refractivity contribution in [2.75, 3.05) is 33.9 Å². The van der Waals surface area contributed by atoms with Crippen molar-refractivity contribution in [2.45, 2.75) is 43.8 Å². The van der Waals surface area contributed by atoms with E-state index in [4.69, 9.17) is 35.3 Å². The summed E-state index contributed by atoms with van der Waals surface area (Å²) in [5.41, 5.74) is 12.0. The van der Waals surface area contributed by atoms with Crippen LogP contribution < -0.4 is 34.5 Å². The minimum absolute atomic E-state index is 0.239. The van der Waals surface area contributed by atoms with E-state index in [9.17, 15) is 13.2 Å². The number of hydrogen-bond donors (Lipinski definition) is 2. The Morgan fingerprint density at radius 3 is 1.82 bits per heavy atom. The third-order valence-corrected chi connectivity index (χ3v) is 11.5. The Morgan fingerprint density at radius 2 is 1.23 bits per heavy atom. The maximum absolute atomic E-state index is 15.1. The highest BCUT2D eigenvalue weighted by atomic mass is 35.5. The summed E-state index contributed by atoms with van der Waals surface area (Å²) < 4.78 is 88.3. The Morgan fingerprint density at radius 1 is 0.672 bits per heavy atom. The highest BCUT2D eigenvalue weighted by Crippen LogP contribution is 2.46. The predicted octanol–water partition coefficient (Wildman–Crippen LogP) is 9.53. The molecule has 2 N–H and O–H groups in total. The number of nitrogens with zero attached hydrogens (tertiary/aromatic N) is 2. The molecule has 14 heteroatoms. The first-order valence-electron chi connectivity index (χ1n) is 19.8. The maximum Gasteiger partial charge on any atom is 0.416 e. The van der Waals surface area contributed by atoms with Gasteiger partial charge in [-0.3, -0.25) is 4.98 Å². The molecule has 3 unspecified atom stereocenters. The second-order valence-electron chi connectivity index (χ2n) is 15.2. The van der Waals surface area contributed by atoms with Crippen LogP contribution in [0.15, 0.2) is 109 Å². The molecule has 3 aliphatic rings. The maximum atomic E-state index is 15.1. The molecule has 3 aliphatic heterocycles. The lowest BCUT2D eigenvalue weighted by Crippen LogP contribution is -2.56. The minimum Gasteiger partial charge on any atom is -0.497 e. The van der Waals surface area contributed by atoms with Crippen molar-refractivity contribution in [2.24, 2.45) is 0 Å². The molecule has 4 heterocycles. The van der Waals surface area contributed by atoms with Gasteiger partial charge >= 0.3 is 6.18 Å². The number of ether oxygens (including phenoxy) is 5. The first kappa shape index (κ1) is 40.5. The van der Waals surface area contributed by atoms with Crippen molar-refractivity contribution in [1.29, 1.82) is 0 Å². The zero-order chi connectivity index (χ0) is 42.3. The summed E-state index contributed by atoms with van der Waals surface area (Å²) in [5, 5.41) is 2.40. The van der Waals surface area contributed by atoms with Crippen LogP contribution in [0.5, 0.6) is 28.7 Å². The van der Waals surface area contributed by atoms with Gasteiger partial charge in [0.2, 0.25) is 0 Å². The molecule has 61 heavy (non-hydrogen) atoms. The molecule has 0 bridgehead atoms. The Balaban J connectivity index is 0.961. The molecule has 0 amide bonds. The Bertz CT molecular complexity index is 2580. The molecule has 314 valence electrons. The van der Waals surface area contributed by atoms with E-state index in [1.165, 1.54) is 12.3 Å². The fourth-order valence-electron chi connectivity index (χ4n) is 8.28. The van der Waals surface area contributed by atoms with Gasteiger partial charge in [-0.25, -0.2) is 15.2 Å². The van der Waals surface area contributed by atoms with Gasteiger partial charge in [-0.05, 0) is 60.2 Å². The number of hydrazine groups is 2. The van der Waals surface area contributed by atoms with E-state index in [0.717, 1.165) is 40.1 Å². The zero-order valence-electron chi connectivity index (χ0n) is 33.2. The molecule has 1 aromatic heterocycles. The lowest BCUT2D eigenvalue weighted by atomic mass is 9.98. The fraction of sp³-hybridized carbons (Fsp3) is 0.255. The first-order chi connectivity index (χ1) is 29.5. The van der Waals surface area contributed by atoms with E-state index in [2.05, 4.69) is 15.8 Å². The van der Waals surface area contributed by atoms with Gasteiger partial charge in [0.25, 0.3) is 0 Å². The molecule has 0 fully saturated rings. The number of aromatic nitrogens is 1. The second kappa shape index (κ2) is 16.9. The average molecular weight is 853 g/mol. The number of hydrogen-bond acceptors (Lipinski definition) is 9. The molecular weight excluding hydrogens is 812 g/mol. The molecule has 0 saturated carbocycles. The standard InChI is InChI=1S/C47H41ClF4N4O5/c1-57-32-15-29-18-35(60-45(29)40(21-32)37-9-3-5-11-42(37)48)25-55-56(26-36-19-30-16-33(58-2)22-41(46(30)61-36)38-10-4-6-12-43(38)49)54-24-34-17-28-14-31(47(50,51)52)20-39(44(28)59-34)27-8-7-13-53-23-27/h3-16,20-23,34-36,54-55H,17-19,24-26H2,1-2H3. The van der Waals surface area contributed by atoms with Crippen LogP contribution in [0.3, 0.4) is 0 Å². The van der Waals surface area contributed by atoms with Gasteiger partial charge in [0.05, 0.1) is 26.3 Å². The summed E-state index contributed by atoms with van der Waals surface area (Å²) in [4.78, 5) is 4.13. The Kier molecular flexibility index (Phi) is 11.2. The van der Waals surface area contributed by atoms with Gasteiger partial charge in [-0.1, -0.05) is 54.1 Å². The SMILES string of the molecule is COc1cc2c(c(-c3ccccc3F)c1)OC(CN(NCC1Cc3cc(C(F)(F)F)cc(-c4cccnc4)c3O1)NCC1Cc3cc(OC)cc(-c4ccccc4Cl)c3O1)C2. The van der Waals surface area contributed by atoms with Crippen LogP contribution in [0.1, 0.15) is 22.3 Å². The zero-order valence-corrected chi connectivity index (χ0v) is 33.9. The third-order valence-electron chi connectivity index (χ3n) is 11.1. The highest BCUT2D eigenvalue weighted by Gasteiger charge is 2.37. The Hall–Kier alpha value is -5.86. The van der Waals surface area contributed by atoms with Crippen molar-refractivity contribution in [3.05, 3.63) is 143 Å². The van der Waals surface area contributed by atoms with E-state index < -0.39 is 23.9 Å². The molecule has 9 rings (SSSR count). The van der Waals surface area contributed by atoms with Crippen molar-refractivity contribution in [3.63, 3.8) is 0 Å². The second-order valence-corrected chi connectivity index (χ2v) is 15.6. The van der Waals surface area contributed by atoms with E-state index in [-0.39, 0.29) is 24.9 Å². The number of pyridine rings is 1. The lowest BCUT2D eigenvalue weighted by molar-refractivity contribution is -0.137. The number of rotatable bonds is 13. The summed E-state index contributed by atoms with van der Waals surface area (Å²) in [6.45, 7) is 0.916. The number of halogens is 5. The number of alkyl halides is 3. The third kappa shape index (κ3) is 8.43. The van der Waals surface area contributed by atoms with Crippen LogP contribution in [0, 0.1) is 5.82 Å².